The Labute approximate surface area is 125 Å². The van der Waals surface area contributed by atoms with Crippen molar-refractivity contribution < 1.29 is 9.53 Å². The highest BCUT2D eigenvalue weighted by Crippen LogP contribution is 2.28. The van der Waals surface area contributed by atoms with E-state index in [1.54, 1.807) is 0 Å². The third kappa shape index (κ3) is 2.85. The molecule has 0 radical (unpaired) electrons. The lowest BCUT2D eigenvalue weighted by atomic mass is 9.89. The Kier molecular flexibility index (Phi) is 3.78. The number of Topliss-reactive ketones (excluding diaryl/α,β-unsaturated/α-hetero) is 1. The highest BCUT2D eigenvalue weighted by molar-refractivity contribution is 5.98. The van der Waals surface area contributed by atoms with E-state index in [0.717, 1.165) is 23.3 Å². The molecule has 0 saturated carbocycles. The second-order valence-corrected chi connectivity index (χ2v) is 5.96. The number of para-hydroxylation sites is 1. The zero-order chi connectivity index (χ0) is 14.8. The maximum absolute atomic E-state index is 12.6. The van der Waals surface area contributed by atoms with Gasteiger partial charge in [-0.3, -0.25) is 4.79 Å². The molecule has 2 aromatic rings. The van der Waals surface area contributed by atoms with Crippen LogP contribution in [0.25, 0.3) is 0 Å². The van der Waals surface area contributed by atoms with E-state index in [4.69, 9.17) is 4.74 Å². The molecule has 21 heavy (non-hydrogen) atoms. The number of hydrogen-bond acceptors (Lipinski definition) is 2. The quantitative estimate of drug-likeness (QED) is 0.786. The Morgan fingerprint density at radius 3 is 2.52 bits per heavy atom. The van der Waals surface area contributed by atoms with Gasteiger partial charge in [0.1, 0.15) is 5.75 Å². The lowest BCUT2D eigenvalue weighted by Gasteiger charge is -2.24. The lowest BCUT2D eigenvalue weighted by Crippen LogP contribution is -2.28. The molecule has 0 aliphatic carbocycles. The molecule has 2 nitrogen and oxygen atoms in total. The first kappa shape index (κ1) is 13.9. The van der Waals surface area contributed by atoms with Gasteiger partial charge >= 0.3 is 0 Å². The Balaban J connectivity index is 1.77. The minimum Gasteiger partial charge on any atom is -0.493 e. The van der Waals surface area contributed by atoms with Crippen LogP contribution >= 0.6 is 0 Å². The molecule has 1 atom stereocenters. The van der Waals surface area contributed by atoms with E-state index in [2.05, 4.69) is 26.0 Å². The molecule has 1 unspecified atom stereocenters. The summed E-state index contributed by atoms with van der Waals surface area (Å²) >= 11 is 0. The van der Waals surface area contributed by atoms with Crippen molar-refractivity contribution in [2.24, 2.45) is 5.92 Å². The molecule has 2 aromatic carbocycles. The number of fused-ring (bicyclic) bond motifs is 1. The third-order valence-electron chi connectivity index (χ3n) is 4.11. The van der Waals surface area contributed by atoms with Crippen molar-refractivity contribution in [1.82, 2.24) is 0 Å². The first-order valence-electron chi connectivity index (χ1n) is 7.50. The first-order chi connectivity index (χ1) is 10.1. The molecule has 0 bridgehead atoms. The van der Waals surface area contributed by atoms with Crippen molar-refractivity contribution in [1.29, 1.82) is 0 Å². The summed E-state index contributed by atoms with van der Waals surface area (Å²) in [5.41, 5.74) is 3.17. The SMILES string of the molecule is CC(C)c1ccc(C(=O)C2COc3ccccc3C2)cc1. The van der Waals surface area contributed by atoms with E-state index in [1.165, 1.54) is 5.56 Å². The first-order valence-corrected chi connectivity index (χ1v) is 7.50. The molecule has 1 aliphatic heterocycles. The van der Waals surface area contributed by atoms with Gasteiger partial charge in [-0.25, -0.2) is 0 Å². The Morgan fingerprint density at radius 1 is 1.10 bits per heavy atom. The van der Waals surface area contributed by atoms with Crippen LogP contribution in [0.3, 0.4) is 0 Å². The Morgan fingerprint density at radius 2 is 1.81 bits per heavy atom. The Bertz CT molecular complexity index is 641. The molecule has 0 amide bonds. The summed E-state index contributed by atoms with van der Waals surface area (Å²) in [4.78, 5) is 12.6. The molecule has 0 fully saturated rings. The molecule has 1 aliphatic rings. The van der Waals surface area contributed by atoms with Crippen LogP contribution in [0.2, 0.25) is 0 Å². The molecular formula is C19H20O2. The summed E-state index contributed by atoms with van der Waals surface area (Å²) in [6.45, 7) is 4.78. The van der Waals surface area contributed by atoms with E-state index in [0.29, 0.717) is 12.5 Å². The molecule has 0 spiro atoms. The van der Waals surface area contributed by atoms with Crippen LogP contribution in [0, 0.1) is 5.92 Å². The second-order valence-electron chi connectivity index (χ2n) is 5.96. The molecule has 0 saturated heterocycles. The van der Waals surface area contributed by atoms with Gasteiger partial charge in [0.15, 0.2) is 5.78 Å². The summed E-state index contributed by atoms with van der Waals surface area (Å²) in [6, 6.07) is 15.9. The number of ketones is 1. The number of hydrogen-bond donors (Lipinski definition) is 0. The van der Waals surface area contributed by atoms with Gasteiger partial charge in [-0.1, -0.05) is 56.3 Å². The fraction of sp³-hybridized carbons (Fsp3) is 0.316. The molecule has 0 aromatic heterocycles. The largest absolute Gasteiger partial charge is 0.493 e. The highest BCUT2D eigenvalue weighted by Gasteiger charge is 2.26. The smallest absolute Gasteiger partial charge is 0.169 e. The average Bonchev–Trinajstić information content (AvgIpc) is 2.54. The summed E-state index contributed by atoms with van der Waals surface area (Å²) in [5, 5.41) is 0. The van der Waals surface area contributed by atoms with Crippen LogP contribution in [0.1, 0.15) is 41.3 Å². The topological polar surface area (TPSA) is 26.3 Å². The molecule has 1 heterocycles. The van der Waals surface area contributed by atoms with Crippen LogP contribution in [0.15, 0.2) is 48.5 Å². The summed E-state index contributed by atoms with van der Waals surface area (Å²) in [7, 11) is 0. The van der Waals surface area contributed by atoms with Gasteiger partial charge in [-0.2, -0.15) is 0 Å². The van der Waals surface area contributed by atoms with E-state index in [9.17, 15) is 4.79 Å². The minimum absolute atomic E-state index is 0.0789. The normalized spacial score (nSPS) is 17.2. The van der Waals surface area contributed by atoms with Gasteiger partial charge < -0.3 is 4.74 Å². The maximum atomic E-state index is 12.6. The summed E-state index contributed by atoms with van der Waals surface area (Å²) in [6.07, 6.45) is 0.765. The zero-order valence-corrected chi connectivity index (χ0v) is 12.5. The van der Waals surface area contributed by atoms with Crippen molar-refractivity contribution >= 4 is 5.78 Å². The second kappa shape index (κ2) is 5.72. The summed E-state index contributed by atoms with van der Waals surface area (Å²) in [5.74, 6) is 1.50. The fourth-order valence-electron chi connectivity index (χ4n) is 2.76. The van der Waals surface area contributed by atoms with Gasteiger partial charge in [0.2, 0.25) is 0 Å². The minimum atomic E-state index is -0.0789. The number of rotatable bonds is 3. The van der Waals surface area contributed by atoms with Crippen LogP contribution < -0.4 is 4.74 Å². The standard InChI is InChI=1S/C19H20O2/c1-13(2)14-7-9-15(10-8-14)19(20)17-11-16-5-3-4-6-18(16)21-12-17/h3-10,13,17H,11-12H2,1-2H3. The number of carbonyl (C=O) groups is 1. The van der Waals surface area contributed by atoms with Crippen molar-refractivity contribution in [3.05, 3.63) is 65.2 Å². The van der Waals surface area contributed by atoms with Gasteiger partial charge in [0.05, 0.1) is 12.5 Å². The molecule has 0 N–H and O–H groups in total. The monoisotopic (exact) mass is 280 g/mol. The van der Waals surface area contributed by atoms with Crippen molar-refractivity contribution in [3.8, 4) is 5.75 Å². The fourth-order valence-corrected chi connectivity index (χ4v) is 2.76. The van der Waals surface area contributed by atoms with E-state index in [1.807, 2.05) is 36.4 Å². The van der Waals surface area contributed by atoms with Crippen LogP contribution in [0.4, 0.5) is 0 Å². The predicted molar refractivity (Wildman–Crippen MR) is 84.0 cm³/mol. The molecule has 108 valence electrons. The number of benzene rings is 2. The third-order valence-corrected chi connectivity index (χ3v) is 4.11. The van der Waals surface area contributed by atoms with Crippen molar-refractivity contribution in [3.63, 3.8) is 0 Å². The van der Waals surface area contributed by atoms with Crippen LogP contribution in [0.5, 0.6) is 5.75 Å². The zero-order valence-electron chi connectivity index (χ0n) is 12.5. The van der Waals surface area contributed by atoms with Gasteiger partial charge in [0, 0.05) is 5.56 Å². The molecule has 2 heteroatoms. The van der Waals surface area contributed by atoms with E-state index >= 15 is 0 Å². The van der Waals surface area contributed by atoms with Crippen LogP contribution in [-0.4, -0.2) is 12.4 Å². The average molecular weight is 280 g/mol. The van der Waals surface area contributed by atoms with E-state index in [-0.39, 0.29) is 11.7 Å². The van der Waals surface area contributed by atoms with Gasteiger partial charge in [0.25, 0.3) is 0 Å². The summed E-state index contributed by atoms with van der Waals surface area (Å²) < 4.78 is 5.72. The van der Waals surface area contributed by atoms with Gasteiger partial charge in [-0.15, -0.1) is 0 Å². The predicted octanol–water partition coefficient (Wildman–Crippen LogP) is 4.24. The van der Waals surface area contributed by atoms with Crippen LogP contribution in [-0.2, 0) is 6.42 Å². The number of carbonyl (C=O) groups excluding carboxylic acids is 1. The molecule has 3 rings (SSSR count). The lowest BCUT2D eigenvalue weighted by molar-refractivity contribution is 0.0855. The molecular weight excluding hydrogens is 260 g/mol. The maximum Gasteiger partial charge on any atom is 0.169 e. The Hall–Kier alpha value is -2.09. The van der Waals surface area contributed by atoms with Gasteiger partial charge in [-0.05, 0) is 29.5 Å². The number of ether oxygens (including phenoxy) is 1. The van der Waals surface area contributed by atoms with E-state index < -0.39 is 0 Å². The van der Waals surface area contributed by atoms with Crippen molar-refractivity contribution in [2.75, 3.05) is 6.61 Å². The highest BCUT2D eigenvalue weighted by atomic mass is 16.5. The van der Waals surface area contributed by atoms with Crippen molar-refractivity contribution in [2.45, 2.75) is 26.2 Å².